The summed E-state index contributed by atoms with van der Waals surface area (Å²) in [6.45, 7) is 4.99. The number of hydrogen-bond acceptors (Lipinski definition) is 1. The molecule has 52 valence electrons. The van der Waals surface area contributed by atoms with Gasteiger partial charge in [-0.25, -0.2) is 0 Å². The average molecular weight is 125 g/mol. The molecule has 1 saturated heterocycles. The molecule has 0 unspecified atom stereocenters. The molecule has 0 aromatic rings. The Balaban J connectivity index is 2.02. The fourth-order valence-corrected chi connectivity index (χ4v) is 2.47. The summed E-state index contributed by atoms with van der Waals surface area (Å²) in [5.41, 5.74) is 0. The van der Waals surface area contributed by atoms with Gasteiger partial charge < -0.3 is 5.32 Å². The Morgan fingerprint density at radius 3 is 2.22 bits per heavy atom. The second-order valence-corrected chi connectivity index (χ2v) is 3.75. The van der Waals surface area contributed by atoms with Gasteiger partial charge in [0.1, 0.15) is 0 Å². The summed E-state index contributed by atoms with van der Waals surface area (Å²) in [6, 6.07) is 0. The van der Waals surface area contributed by atoms with E-state index in [0.29, 0.717) is 0 Å². The molecule has 2 rings (SSSR count). The zero-order valence-corrected chi connectivity index (χ0v) is 6.06. The molecule has 1 aliphatic carbocycles. The monoisotopic (exact) mass is 125 g/mol. The smallest absolute Gasteiger partial charge is 0.00172 e. The van der Waals surface area contributed by atoms with Crippen LogP contribution < -0.4 is 5.32 Å². The molecule has 0 amide bonds. The molecule has 0 radical (unpaired) electrons. The first-order chi connectivity index (χ1) is 4.36. The maximum Gasteiger partial charge on any atom is -0.00172 e. The Morgan fingerprint density at radius 1 is 1.11 bits per heavy atom. The molecule has 0 bridgehead atoms. The van der Waals surface area contributed by atoms with Gasteiger partial charge in [-0.15, -0.1) is 0 Å². The predicted octanol–water partition coefficient (Wildman–Crippen LogP) is 1.25. The van der Waals surface area contributed by atoms with Crippen molar-refractivity contribution in [3.63, 3.8) is 0 Å². The van der Waals surface area contributed by atoms with Crippen molar-refractivity contribution in [2.24, 2.45) is 17.8 Å². The summed E-state index contributed by atoms with van der Waals surface area (Å²) >= 11 is 0. The summed E-state index contributed by atoms with van der Waals surface area (Å²) < 4.78 is 0. The molecule has 1 saturated carbocycles. The SMILES string of the molecule is CC1C[C@H]2CNC[C@@H]2C1. The first-order valence-electron chi connectivity index (χ1n) is 4.07. The lowest BCUT2D eigenvalue weighted by molar-refractivity contribution is 0.494. The number of nitrogens with one attached hydrogen (secondary N) is 1. The van der Waals surface area contributed by atoms with E-state index < -0.39 is 0 Å². The summed E-state index contributed by atoms with van der Waals surface area (Å²) in [6.07, 6.45) is 2.97. The molecule has 9 heavy (non-hydrogen) atoms. The molecule has 0 spiro atoms. The standard InChI is InChI=1S/C8H15N/c1-6-2-7-4-9-5-8(7)3-6/h6-9H,2-5H2,1H3/t7-,8-/m0/s1. The van der Waals surface area contributed by atoms with Crippen LogP contribution in [-0.4, -0.2) is 13.1 Å². The average Bonchev–Trinajstić information content (AvgIpc) is 2.22. The topological polar surface area (TPSA) is 12.0 Å². The summed E-state index contributed by atoms with van der Waals surface area (Å²) in [4.78, 5) is 0. The third kappa shape index (κ3) is 0.877. The fraction of sp³-hybridized carbons (Fsp3) is 1.00. The van der Waals surface area contributed by atoms with Crippen LogP contribution in [0.15, 0.2) is 0 Å². The van der Waals surface area contributed by atoms with Crippen LogP contribution >= 0.6 is 0 Å². The largest absolute Gasteiger partial charge is 0.316 e. The molecule has 0 aromatic carbocycles. The molecule has 1 aliphatic heterocycles. The van der Waals surface area contributed by atoms with E-state index in [1.54, 1.807) is 0 Å². The highest BCUT2D eigenvalue weighted by Gasteiger charge is 2.34. The van der Waals surface area contributed by atoms with Crippen molar-refractivity contribution in [1.82, 2.24) is 5.32 Å². The molecule has 1 N–H and O–H groups in total. The summed E-state index contributed by atoms with van der Waals surface area (Å²) in [7, 11) is 0. The molecule has 1 nitrogen and oxygen atoms in total. The molecular formula is C8H15N. The normalized spacial score (nSPS) is 43.7. The van der Waals surface area contributed by atoms with Crippen molar-refractivity contribution < 1.29 is 0 Å². The summed E-state index contributed by atoms with van der Waals surface area (Å²) in [5.74, 6) is 3.10. The lowest BCUT2D eigenvalue weighted by Gasteiger charge is -2.02. The van der Waals surface area contributed by atoms with Crippen LogP contribution in [0, 0.1) is 17.8 Å². The third-order valence-corrected chi connectivity index (χ3v) is 2.89. The van der Waals surface area contributed by atoms with Crippen LogP contribution in [0.4, 0.5) is 0 Å². The van der Waals surface area contributed by atoms with Gasteiger partial charge in [0.15, 0.2) is 0 Å². The number of fused-ring (bicyclic) bond motifs is 1. The number of rotatable bonds is 0. The van der Waals surface area contributed by atoms with Crippen LogP contribution in [0.25, 0.3) is 0 Å². The summed E-state index contributed by atoms with van der Waals surface area (Å²) in [5, 5.41) is 3.44. The minimum Gasteiger partial charge on any atom is -0.316 e. The Bertz CT molecular complexity index is 99.1. The van der Waals surface area contributed by atoms with Gasteiger partial charge in [-0.05, 0) is 43.7 Å². The Kier molecular flexibility index (Phi) is 1.26. The van der Waals surface area contributed by atoms with E-state index in [4.69, 9.17) is 0 Å². The van der Waals surface area contributed by atoms with Crippen LogP contribution in [0.5, 0.6) is 0 Å². The van der Waals surface area contributed by atoms with Crippen molar-refractivity contribution in [3.8, 4) is 0 Å². The quantitative estimate of drug-likeness (QED) is 0.514. The highest BCUT2D eigenvalue weighted by atomic mass is 14.9. The zero-order chi connectivity index (χ0) is 6.27. The van der Waals surface area contributed by atoms with Gasteiger partial charge in [0.2, 0.25) is 0 Å². The van der Waals surface area contributed by atoms with E-state index in [1.165, 1.54) is 25.9 Å². The lowest BCUT2D eigenvalue weighted by Crippen LogP contribution is -2.10. The van der Waals surface area contributed by atoms with Gasteiger partial charge in [0.25, 0.3) is 0 Å². The van der Waals surface area contributed by atoms with Gasteiger partial charge in [-0.1, -0.05) is 6.92 Å². The second-order valence-electron chi connectivity index (χ2n) is 3.75. The van der Waals surface area contributed by atoms with Gasteiger partial charge >= 0.3 is 0 Å². The predicted molar refractivity (Wildman–Crippen MR) is 38.2 cm³/mol. The minimum atomic E-state index is 1.02. The van der Waals surface area contributed by atoms with Crippen LogP contribution in [-0.2, 0) is 0 Å². The second kappa shape index (κ2) is 1.98. The Hall–Kier alpha value is -0.0400. The molecule has 2 atom stereocenters. The van der Waals surface area contributed by atoms with E-state index in [0.717, 1.165) is 17.8 Å². The van der Waals surface area contributed by atoms with E-state index >= 15 is 0 Å². The van der Waals surface area contributed by atoms with Gasteiger partial charge in [-0.3, -0.25) is 0 Å². The maximum absolute atomic E-state index is 3.44. The van der Waals surface area contributed by atoms with E-state index in [9.17, 15) is 0 Å². The zero-order valence-electron chi connectivity index (χ0n) is 6.06. The van der Waals surface area contributed by atoms with Crippen molar-refractivity contribution in [2.75, 3.05) is 13.1 Å². The highest BCUT2D eigenvalue weighted by Crippen LogP contribution is 2.37. The molecule has 1 heteroatoms. The molecule has 1 heterocycles. The Morgan fingerprint density at radius 2 is 1.67 bits per heavy atom. The maximum atomic E-state index is 3.44. The van der Waals surface area contributed by atoms with E-state index in [1.807, 2.05) is 0 Å². The Labute approximate surface area is 56.8 Å². The molecule has 2 fully saturated rings. The van der Waals surface area contributed by atoms with Crippen molar-refractivity contribution >= 4 is 0 Å². The number of hydrogen-bond donors (Lipinski definition) is 1. The van der Waals surface area contributed by atoms with Crippen molar-refractivity contribution in [2.45, 2.75) is 19.8 Å². The highest BCUT2D eigenvalue weighted by molar-refractivity contribution is 4.88. The van der Waals surface area contributed by atoms with E-state index in [2.05, 4.69) is 12.2 Å². The molecule has 2 aliphatic rings. The van der Waals surface area contributed by atoms with Crippen LogP contribution in [0.2, 0.25) is 0 Å². The molecular weight excluding hydrogens is 110 g/mol. The first-order valence-corrected chi connectivity index (χ1v) is 4.07. The van der Waals surface area contributed by atoms with Crippen molar-refractivity contribution in [1.29, 1.82) is 0 Å². The van der Waals surface area contributed by atoms with Crippen molar-refractivity contribution in [3.05, 3.63) is 0 Å². The van der Waals surface area contributed by atoms with E-state index in [-0.39, 0.29) is 0 Å². The van der Waals surface area contributed by atoms with Crippen LogP contribution in [0.1, 0.15) is 19.8 Å². The minimum absolute atomic E-state index is 1.02. The first kappa shape index (κ1) is 5.72. The third-order valence-electron chi connectivity index (χ3n) is 2.89. The van der Waals surface area contributed by atoms with Gasteiger partial charge in [0.05, 0.1) is 0 Å². The van der Waals surface area contributed by atoms with Crippen LogP contribution in [0.3, 0.4) is 0 Å². The molecule has 0 aromatic heterocycles. The fourth-order valence-electron chi connectivity index (χ4n) is 2.47. The van der Waals surface area contributed by atoms with Gasteiger partial charge in [-0.2, -0.15) is 0 Å². The lowest BCUT2D eigenvalue weighted by atomic mass is 10.0. The van der Waals surface area contributed by atoms with Gasteiger partial charge in [0, 0.05) is 0 Å².